The quantitative estimate of drug-likeness (QED) is 0.336. The summed E-state index contributed by atoms with van der Waals surface area (Å²) in [5.41, 5.74) is 9.75. The molecule has 1 atom stereocenters. The van der Waals surface area contributed by atoms with Gasteiger partial charge in [-0.25, -0.2) is 0 Å². The van der Waals surface area contributed by atoms with Gasteiger partial charge in [-0.05, 0) is 47.6 Å². The molecule has 2 aliphatic rings. The lowest BCUT2D eigenvalue weighted by atomic mass is 9.75. The van der Waals surface area contributed by atoms with Gasteiger partial charge in [-0.1, -0.05) is 98.1 Å². The summed E-state index contributed by atoms with van der Waals surface area (Å²) in [6.07, 6.45) is 6.83. The lowest BCUT2D eigenvalue weighted by molar-refractivity contribution is 0.328. The molecule has 0 saturated heterocycles. The Balaban J connectivity index is 1.64. The van der Waals surface area contributed by atoms with E-state index in [0.29, 0.717) is 5.92 Å². The zero-order chi connectivity index (χ0) is 19.9. The fourth-order valence-electron chi connectivity index (χ4n) is 5.81. The molecule has 1 unspecified atom stereocenters. The van der Waals surface area contributed by atoms with E-state index >= 15 is 0 Å². The molecule has 2 heterocycles. The van der Waals surface area contributed by atoms with Crippen molar-refractivity contribution in [3.8, 4) is 28.1 Å². The monoisotopic (exact) mass is 389 g/mol. The number of nitrogens with zero attached hydrogens (tertiary/aromatic N) is 1. The summed E-state index contributed by atoms with van der Waals surface area (Å²) in [5, 5.41) is 0. The average molecular weight is 390 g/mol. The maximum absolute atomic E-state index is 2.58. The first-order chi connectivity index (χ1) is 14.9. The van der Waals surface area contributed by atoms with Crippen LogP contribution in [0.15, 0.2) is 91.0 Å². The van der Waals surface area contributed by atoms with E-state index in [4.69, 9.17) is 0 Å². The van der Waals surface area contributed by atoms with Gasteiger partial charge in [0.2, 0.25) is 0 Å². The van der Waals surface area contributed by atoms with Crippen molar-refractivity contribution in [3.05, 3.63) is 102 Å². The number of aromatic nitrogens is 1. The first kappa shape index (κ1) is 17.8. The number of para-hydroxylation sites is 1. The molecule has 148 valence electrons. The topological polar surface area (TPSA) is 4.93 Å². The zero-order valence-electron chi connectivity index (χ0n) is 17.3. The normalized spacial score (nSPS) is 18.2. The second kappa shape index (κ2) is 7.32. The number of hydrogen-bond donors (Lipinski definition) is 0. The molecule has 0 radical (unpaired) electrons. The van der Waals surface area contributed by atoms with Crippen LogP contribution in [0.3, 0.4) is 0 Å². The third kappa shape index (κ3) is 2.76. The molecule has 4 aromatic rings. The molecule has 1 aliphatic carbocycles. The Morgan fingerprint density at radius 1 is 0.633 bits per heavy atom. The van der Waals surface area contributed by atoms with Crippen LogP contribution in [0, 0.1) is 5.92 Å². The molecular weight excluding hydrogens is 362 g/mol. The standard InChI is InChI=1S/C29H27N/c1-4-12-21(13-5-1)25-20-27(22-14-6-2-7-15-22)30-26-19-11-10-18-24(26)28(29(25)30)23-16-8-3-9-17-23/h1-2,4-7,10-15,18-20,23,28H,3,8-9,16-17H2. The molecule has 30 heavy (non-hydrogen) atoms. The van der Waals surface area contributed by atoms with Gasteiger partial charge < -0.3 is 4.57 Å². The van der Waals surface area contributed by atoms with Crippen molar-refractivity contribution in [1.29, 1.82) is 0 Å². The summed E-state index contributed by atoms with van der Waals surface area (Å²) in [6.45, 7) is 0. The SMILES string of the molecule is c1ccc(-c2cc(-c3ccccc3)n3c2C(C2CCCCC2)c2ccccc2-3)cc1. The smallest absolute Gasteiger partial charge is 0.0538 e. The van der Waals surface area contributed by atoms with Crippen LogP contribution in [0.25, 0.3) is 28.1 Å². The molecule has 3 aromatic carbocycles. The van der Waals surface area contributed by atoms with Gasteiger partial charge in [0, 0.05) is 22.9 Å². The summed E-state index contributed by atoms with van der Waals surface area (Å²) >= 11 is 0. The third-order valence-corrected chi connectivity index (χ3v) is 7.12. The van der Waals surface area contributed by atoms with E-state index in [2.05, 4.69) is 95.6 Å². The van der Waals surface area contributed by atoms with Crippen LogP contribution in [-0.2, 0) is 0 Å². The Labute approximate surface area is 179 Å². The van der Waals surface area contributed by atoms with Crippen molar-refractivity contribution >= 4 is 0 Å². The van der Waals surface area contributed by atoms with Crippen LogP contribution >= 0.6 is 0 Å². The van der Waals surface area contributed by atoms with Gasteiger partial charge in [0.25, 0.3) is 0 Å². The summed E-state index contributed by atoms with van der Waals surface area (Å²) in [5.74, 6) is 1.23. The highest BCUT2D eigenvalue weighted by atomic mass is 15.0. The first-order valence-corrected chi connectivity index (χ1v) is 11.4. The average Bonchev–Trinajstić information content (AvgIpc) is 3.37. The second-order valence-electron chi connectivity index (χ2n) is 8.83. The highest BCUT2D eigenvalue weighted by Gasteiger charge is 2.38. The molecule has 0 amide bonds. The van der Waals surface area contributed by atoms with Gasteiger partial charge in [0.1, 0.15) is 0 Å². The van der Waals surface area contributed by atoms with E-state index in [-0.39, 0.29) is 0 Å². The molecule has 0 N–H and O–H groups in total. The van der Waals surface area contributed by atoms with Gasteiger partial charge in [-0.3, -0.25) is 0 Å². The fraction of sp³-hybridized carbons (Fsp3) is 0.241. The van der Waals surface area contributed by atoms with E-state index in [1.807, 2.05) is 0 Å². The van der Waals surface area contributed by atoms with Gasteiger partial charge in [0.15, 0.2) is 0 Å². The number of fused-ring (bicyclic) bond motifs is 3. The molecule has 1 fully saturated rings. The van der Waals surface area contributed by atoms with Crippen molar-refractivity contribution in [2.45, 2.75) is 38.0 Å². The van der Waals surface area contributed by atoms with E-state index in [0.717, 1.165) is 5.92 Å². The van der Waals surface area contributed by atoms with Crippen LogP contribution in [0.4, 0.5) is 0 Å². The predicted octanol–water partition coefficient (Wildman–Crippen LogP) is 7.84. The van der Waals surface area contributed by atoms with Crippen molar-refractivity contribution in [3.63, 3.8) is 0 Å². The summed E-state index contributed by atoms with van der Waals surface area (Å²) in [6, 6.07) is 33.4. The first-order valence-electron chi connectivity index (χ1n) is 11.4. The highest BCUT2D eigenvalue weighted by molar-refractivity contribution is 5.81. The number of hydrogen-bond acceptors (Lipinski definition) is 0. The van der Waals surface area contributed by atoms with Crippen molar-refractivity contribution in [2.24, 2.45) is 5.92 Å². The minimum absolute atomic E-state index is 0.495. The van der Waals surface area contributed by atoms with Gasteiger partial charge in [0.05, 0.1) is 5.69 Å². The molecular formula is C29H27N. The van der Waals surface area contributed by atoms with E-state index in [1.165, 1.54) is 71.4 Å². The van der Waals surface area contributed by atoms with E-state index < -0.39 is 0 Å². The third-order valence-electron chi connectivity index (χ3n) is 7.12. The number of rotatable bonds is 3. The highest BCUT2D eigenvalue weighted by Crippen LogP contribution is 2.52. The van der Waals surface area contributed by atoms with Crippen molar-refractivity contribution in [2.75, 3.05) is 0 Å². The number of benzene rings is 3. The van der Waals surface area contributed by atoms with Gasteiger partial charge in [-0.15, -0.1) is 0 Å². The molecule has 1 saturated carbocycles. The maximum Gasteiger partial charge on any atom is 0.0538 e. The summed E-state index contributed by atoms with van der Waals surface area (Å²) in [4.78, 5) is 0. The fourth-order valence-corrected chi connectivity index (χ4v) is 5.81. The molecule has 1 nitrogen and oxygen atoms in total. The van der Waals surface area contributed by atoms with Gasteiger partial charge >= 0.3 is 0 Å². The lowest BCUT2D eigenvalue weighted by Gasteiger charge is -2.28. The molecule has 6 rings (SSSR count). The van der Waals surface area contributed by atoms with E-state index in [1.54, 1.807) is 0 Å². The zero-order valence-corrected chi connectivity index (χ0v) is 17.3. The minimum Gasteiger partial charge on any atom is -0.312 e. The Bertz CT molecular complexity index is 1160. The predicted molar refractivity (Wildman–Crippen MR) is 125 cm³/mol. The Morgan fingerprint density at radius 2 is 1.27 bits per heavy atom. The molecule has 1 aliphatic heterocycles. The second-order valence-corrected chi connectivity index (χ2v) is 8.83. The summed E-state index contributed by atoms with van der Waals surface area (Å²) < 4.78 is 2.58. The van der Waals surface area contributed by atoms with E-state index in [9.17, 15) is 0 Å². The minimum atomic E-state index is 0.495. The Kier molecular flexibility index (Phi) is 4.34. The van der Waals surface area contributed by atoms with Crippen LogP contribution in [0.1, 0.15) is 49.3 Å². The Morgan fingerprint density at radius 3 is 2.00 bits per heavy atom. The maximum atomic E-state index is 2.58. The van der Waals surface area contributed by atoms with Crippen molar-refractivity contribution < 1.29 is 0 Å². The van der Waals surface area contributed by atoms with Crippen molar-refractivity contribution in [1.82, 2.24) is 4.57 Å². The molecule has 1 aromatic heterocycles. The molecule has 0 bridgehead atoms. The van der Waals surface area contributed by atoms with Crippen LogP contribution in [0.5, 0.6) is 0 Å². The summed E-state index contributed by atoms with van der Waals surface area (Å²) in [7, 11) is 0. The van der Waals surface area contributed by atoms with Crippen LogP contribution < -0.4 is 0 Å². The molecule has 1 heteroatoms. The molecule has 0 spiro atoms. The van der Waals surface area contributed by atoms with Gasteiger partial charge in [-0.2, -0.15) is 0 Å². The Hall–Kier alpha value is -3.06. The lowest BCUT2D eigenvalue weighted by Crippen LogP contribution is -2.16. The van der Waals surface area contributed by atoms with Crippen LogP contribution in [-0.4, -0.2) is 4.57 Å². The largest absolute Gasteiger partial charge is 0.312 e. The van der Waals surface area contributed by atoms with Crippen LogP contribution in [0.2, 0.25) is 0 Å².